The van der Waals surface area contributed by atoms with Gasteiger partial charge in [-0.2, -0.15) is 0 Å². The number of methoxy groups -OCH3 is 1. The van der Waals surface area contributed by atoms with E-state index in [4.69, 9.17) is 4.74 Å². The third kappa shape index (κ3) is 2.94. The van der Waals surface area contributed by atoms with Gasteiger partial charge < -0.3 is 10.1 Å². The van der Waals surface area contributed by atoms with Gasteiger partial charge in [0.25, 0.3) is 0 Å². The molecule has 2 nitrogen and oxygen atoms in total. The standard InChI is InChI=1S/C13H25NO/c1-3-6-10-9-12(10)14-11-7-4-5-8-13(11)15-2/h10-14H,3-9H2,1-2H3. The maximum atomic E-state index is 5.57. The van der Waals surface area contributed by atoms with E-state index in [1.165, 1.54) is 44.9 Å². The second-order valence-electron chi connectivity index (χ2n) is 5.22. The third-order valence-corrected chi connectivity index (χ3v) is 4.02. The van der Waals surface area contributed by atoms with E-state index in [0.717, 1.165) is 12.0 Å². The predicted octanol–water partition coefficient (Wildman–Crippen LogP) is 2.72. The van der Waals surface area contributed by atoms with Crippen molar-refractivity contribution in [1.82, 2.24) is 5.32 Å². The van der Waals surface area contributed by atoms with Crippen LogP contribution in [0.3, 0.4) is 0 Å². The summed E-state index contributed by atoms with van der Waals surface area (Å²) in [4.78, 5) is 0. The molecule has 2 aliphatic rings. The van der Waals surface area contributed by atoms with Crippen LogP contribution in [0.5, 0.6) is 0 Å². The molecule has 2 rings (SSSR count). The van der Waals surface area contributed by atoms with Crippen LogP contribution in [0.2, 0.25) is 0 Å². The van der Waals surface area contributed by atoms with Crippen LogP contribution < -0.4 is 5.32 Å². The Hall–Kier alpha value is -0.0800. The number of ether oxygens (including phenoxy) is 1. The van der Waals surface area contributed by atoms with Gasteiger partial charge in [0, 0.05) is 19.2 Å². The van der Waals surface area contributed by atoms with Crippen molar-refractivity contribution in [3.63, 3.8) is 0 Å². The molecular formula is C13H25NO. The second-order valence-corrected chi connectivity index (χ2v) is 5.22. The summed E-state index contributed by atoms with van der Waals surface area (Å²) in [7, 11) is 1.86. The first kappa shape index (κ1) is 11.4. The molecule has 2 aliphatic carbocycles. The van der Waals surface area contributed by atoms with Crippen LogP contribution in [-0.4, -0.2) is 25.3 Å². The smallest absolute Gasteiger partial charge is 0.0724 e. The zero-order valence-corrected chi connectivity index (χ0v) is 10.2. The second kappa shape index (κ2) is 5.31. The molecule has 0 saturated heterocycles. The van der Waals surface area contributed by atoms with E-state index in [2.05, 4.69) is 12.2 Å². The van der Waals surface area contributed by atoms with Crippen molar-refractivity contribution in [2.24, 2.45) is 5.92 Å². The summed E-state index contributed by atoms with van der Waals surface area (Å²) in [5, 5.41) is 3.80. The summed E-state index contributed by atoms with van der Waals surface area (Å²) < 4.78 is 5.57. The van der Waals surface area contributed by atoms with Crippen molar-refractivity contribution in [1.29, 1.82) is 0 Å². The minimum absolute atomic E-state index is 0.474. The van der Waals surface area contributed by atoms with Crippen LogP contribution in [0, 0.1) is 5.92 Å². The highest BCUT2D eigenvalue weighted by atomic mass is 16.5. The van der Waals surface area contributed by atoms with Crippen molar-refractivity contribution in [3.8, 4) is 0 Å². The predicted molar refractivity (Wildman–Crippen MR) is 63.0 cm³/mol. The zero-order valence-electron chi connectivity index (χ0n) is 10.2. The van der Waals surface area contributed by atoms with Crippen LogP contribution in [0.4, 0.5) is 0 Å². The molecule has 88 valence electrons. The molecular weight excluding hydrogens is 186 g/mol. The summed E-state index contributed by atoms with van der Waals surface area (Å²) in [5.41, 5.74) is 0. The summed E-state index contributed by atoms with van der Waals surface area (Å²) in [5.74, 6) is 0.967. The van der Waals surface area contributed by atoms with E-state index in [1.807, 2.05) is 7.11 Å². The Bertz CT molecular complexity index is 195. The first-order valence-corrected chi connectivity index (χ1v) is 6.64. The molecule has 1 N–H and O–H groups in total. The van der Waals surface area contributed by atoms with Crippen LogP contribution in [0.15, 0.2) is 0 Å². The fourth-order valence-corrected chi connectivity index (χ4v) is 2.99. The lowest BCUT2D eigenvalue weighted by molar-refractivity contribution is 0.0407. The molecule has 0 spiro atoms. The number of nitrogens with one attached hydrogen (secondary N) is 1. The first-order chi connectivity index (χ1) is 7.35. The Balaban J connectivity index is 1.73. The van der Waals surface area contributed by atoms with E-state index in [1.54, 1.807) is 0 Å². The Labute approximate surface area is 93.8 Å². The maximum Gasteiger partial charge on any atom is 0.0724 e. The van der Waals surface area contributed by atoms with Crippen LogP contribution in [0.25, 0.3) is 0 Å². The minimum Gasteiger partial charge on any atom is -0.380 e. The third-order valence-electron chi connectivity index (χ3n) is 4.02. The van der Waals surface area contributed by atoms with Crippen molar-refractivity contribution >= 4 is 0 Å². The van der Waals surface area contributed by atoms with Gasteiger partial charge in [-0.1, -0.05) is 26.2 Å². The van der Waals surface area contributed by atoms with E-state index >= 15 is 0 Å². The zero-order chi connectivity index (χ0) is 10.7. The van der Waals surface area contributed by atoms with Gasteiger partial charge in [0.2, 0.25) is 0 Å². The summed E-state index contributed by atoms with van der Waals surface area (Å²) >= 11 is 0. The highest BCUT2D eigenvalue weighted by Gasteiger charge is 2.39. The first-order valence-electron chi connectivity index (χ1n) is 6.64. The van der Waals surface area contributed by atoms with Crippen LogP contribution in [0.1, 0.15) is 51.9 Å². The highest BCUT2D eigenvalue weighted by Crippen LogP contribution is 2.36. The van der Waals surface area contributed by atoms with Crippen molar-refractivity contribution in [3.05, 3.63) is 0 Å². The normalized spacial score (nSPS) is 40.4. The molecule has 4 unspecified atom stereocenters. The van der Waals surface area contributed by atoms with E-state index < -0.39 is 0 Å². The van der Waals surface area contributed by atoms with Crippen LogP contribution >= 0.6 is 0 Å². The average Bonchev–Trinajstić information content (AvgIpc) is 2.98. The molecule has 2 saturated carbocycles. The molecule has 15 heavy (non-hydrogen) atoms. The van der Waals surface area contributed by atoms with E-state index in [0.29, 0.717) is 12.1 Å². The fraction of sp³-hybridized carbons (Fsp3) is 1.00. The quantitative estimate of drug-likeness (QED) is 0.755. The van der Waals surface area contributed by atoms with Crippen molar-refractivity contribution < 1.29 is 4.74 Å². The molecule has 0 aromatic heterocycles. The lowest BCUT2D eigenvalue weighted by Gasteiger charge is -2.31. The molecule has 0 bridgehead atoms. The SMILES string of the molecule is CCCC1CC1NC1CCCCC1OC. The summed E-state index contributed by atoms with van der Waals surface area (Å²) in [6.45, 7) is 2.29. The molecule has 0 aromatic rings. The fourth-order valence-electron chi connectivity index (χ4n) is 2.99. The van der Waals surface area contributed by atoms with E-state index in [9.17, 15) is 0 Å². The molecule has 0 amide bonds. The summed E-state index contributed by atoms with van der Waals surface area (Å²) in [6.07, 6.45) is 9.90. The lowest BCUT2D eigenvalue weighted by atomic mass is 9.92. The lowest BCUT2D eigenvalue weighted by Crippen LogP contribution is -2.44. The highest BCUT2D eigenvalue weighted by molar-refractivity contribution is 4.96. The summed E-state index contributed by atoms with van der Waals surface area (Å²) in [6, 6.07) is 1.45. The van der Waals surface area contributed by atoms with Gasteiger partial charge in [-0.3, -0.25) is 0 Å². The van der Waals surface area contributed by atoms with Gasteiger partial charge in [0.05, 0.1) is 6.10 Å². The topological polar surface area (TPSA) is 21.3 Å². The number of hydrogen-bond acceptors (Lipinski definition) is 2. The maximum absolute atomic E-state index is 5.57. The Morgan fingerprint density at radius 2 is 2.00 bits per heavy atom. The van der Waals surface area contributed by atoms with Gasteiger partial charge in [0.15, 0.2) is 0 Å². The Morgan fingerprint density at radius 3 is 2.73 bits per heavy atom. The van der Waals surface area contributed by atoms with Gasteiger partial charge in [-0.05, 0) is 31.6 Å². The number of hydrogen-bond donors (Lipinski definition) is 1. The van der Waals surface area contributed by atoms with Gasteiger partial charge >= 0.3 is 0 Å². The molecule has 0 aromatic carbocycles. The monoisotopic (exact) mass is 211 g/mol. The number of rotatable bonds is 5. The van der Waals surface area contributed by atoms with Gasteiger partial charge in [0.1, 0.15) is 0 Å². The molecule has 0 aliphatic heterocycles. The minimum atomic E-state index is 0.474. The Kier molecular flexibility index (Phi) is 4.04. The average molecular weight is 211 g/mol. The molecule has 2 fully saturated rings. The molecule has 2 heteroatoms. The molecule has 4 atom stereocenters. The molecule has 0 heterocycles. The van der Waals surface area contributed by atoms with Crippen molar-refractivity contribution in [2.75, 3.05) is 7.11 Å². The Morgan fingerprint density at radius 1 is 1.20 bits per heavy atom. The van der Waals surface area contributed by atoms with Crippen molar-refractivity contribution in [2.45, 2.75) is 70.1 Å². The largest absolute Gasteiger partial charge is 0.380 e. The van der Waals surface area contributed by atoms with Gasteiger partial charge in [-0.25, -0.2) is 0 Å². The molecule has 0 radical (unpaired) electrons. The van der Waals surface area contributed by atoms with Gasteiger partial charge in [-0.15, -0.1) is 0 Å². The van der Waals surface area contributed by atoms with E-state index in [-0.39, 0.29) is 0 Å². The van der Waals surface area contributed by atoms with Crippen LogP contribution in [-0.2, 0) is 4.74 Å².